The monoisotopic (exact) mass is 251 g/mol. The van der Waals surface area contributed by atoms with Gasteiger partial charge in [0.2, 0.25) is 0 Å². The van der Waals surface area contributed by atoms with Crippen LogP contribution in [0.3, 0.4) is 0 Å². The molecule has 1 aliphatic heterocycles. The van der Waals surface area contributed by atoms with Gasteiger partial charge in [0.15, 0.2) is 0 Å². The molecule has 2 rings (SSSR count). The van der Waals surface area contributed by atoms with E-state index in [-0.39, 0.29) is 6.04 Å². The molecule has 0 aromatic carbocycles. The maximum absolute atomic E-state index is 10.2. The van der Waals surface area contributed by atoms with Crippen LogP contribution in [0, 0.1) is 0 Å². The van der Waals surface area contributed by atoms with Crippen molar-refractivity contribution >= 4 is 0 Å². The van der Waals surface area contributed by atoms with Crippen LogP contribution in [0.25, 0.3) is 0 Å². The third-order valence-electron chi connectivity index (χ3n) is 3.74. The largest absolute Gasteiger partial charge is 0.389 e. The van der Waals surface area contributed by atoms with Crippen molar-refractivity contribution in [1.82, 2.24) is 14.7 Å². The van der Waals surface area contributed by atoms with Gasteiger partial charge in [0.05, 0.1) is 11.3 Å². The van der Waals surface area contributed by atoms with E-state index in [0.29, 0.717) is 6.04 Å². The van der Waals surface area contributed by atoms with E-state index < -0.39 is 5.60 Å². The molecule has 1 N–H and O–H groups in total. The second-order valence-corrected chi connectivity index (χ2v) is 6.16. The van der Waals surface area contributed by atoms with Crippen LogP contribution >= 0.6 is 0 Å². The zero-order valence-electron chi connectivity index (χ0n) is 11.9. The van der Waals surface area contributed by atoms with Gasteiger partial charge in [-0.2, -0.15) is 5.10 Å². The van der Waals surface area contributed by atoms with Crippen LogP contribution in [0.5, 0.6) is 0 Å². The maximum Gasteiger partial charge on any atom is 0.0765 e. The summed E-state index contributed by atoms with van der Waals surface area (Å²) in [6.45, 7) is 9.97. The smallest absolute Gasteiger partial charge is 0.0765 e. The summed E-state index contributed by atoms with van der Waals surface area (Å²) >= 11 is 0. The van der Waals surface area contributed by atoms with E-state index in [9.17, 15) is 5.11 Å². The standard InChI is InChI=1S/C14H25N3O/c1-11(2)17-9-7-12(15-17)10-16-8-5-6-13(16)14(3,4)18/h7,9,11,13,18H,5-6,8,10H2,1-4H3. The third kappa shape index (κ3) is 2.93. The lowest BCUT2D eigenvalue weighted by atomic mass is 9.96. The molecule has 0 radical (unpaired) electrons. The summed E-state index contributed by atoms with van der Waals surface area (Å²) in [5.41, 5.74) is 0.469. The summed E-state index contributed by atoms with van der Waals surface area (Å²) in [5.74, 6) is 0. The van der Waals surface area contributed by atoms with Crippen molar-refractivity contribution in [3.63, 3.8) is 0 Å². The lowest BCUT2D eigenvalue weighted by Crippen LogP contribution is -2.45. The Morgan fingerprint density at radius 3 is 2.78 bits per heavy atom. The fourth-order valence-electron chi connectivity index (χ4n) is 2.77. The Hall–Kier alpha value is -0.870. The van der Waals surface area contributed by atoms with Gasteiger partial charge in [-0.1, -0.05) is 0 Å². The number of hydrogen-bond acceptors (Lipinski definition) is 3. The van der Waals surface area contributed by atoms with Crippen molar-refractivity contribution < 1.29 is 5.11 Å². The van der Waals surface area contributed by atoms with Gasteiger partial charge < -0.3 is 5.11 Å². The minimum atomic E-state index is -0.628. The van der Waals surface area contributed by atoms with Crippen molar-refractivity contribution in [2.45, 2.75) is 64.8 Å². The van der Waals surface area contributed by atoms with Crippen LogP contribution in [-0.4, -0.2) is 38.0 Å². The minimum absolute atomic E-state index is 0.252. The zero-order valence-corrected chi connectivity index (χ0v) is 11.9. The lowest BCUT2D eigenvalue weighted by Gasteiger charge is -2.33. The number of likely N-dealkylation sites (tertiary alicyclic amines) is 1. The van der Waals surface area contributed by atoms with E-state index in [1.54, 1.807) is 0 Å². The molecule has 4 heteroatoms. The van der Waals surface area contributed by atoms with Gasteiger partial charge in [-0.3, -0.25) is 9.58 Å². The van der Waals surface area contributed by atoms with E-state index in [4.69, 9.17) is 0 Å². The van der Waals surface area contributed by atoms with Crippen LogP contribution in [0.2, 0.25) is 0 Å². The molecule has 0 saturated carbocycles. The molecule has 1 fully saturated rings. The normalized spacial score (nSPS) is 22.0. The molecular formula is C14H25N3O. The van der Waals surface area contributed by atoms with Crippen molar-refractivity contribution in [3.05, 3.63) is 18.0 Å². The molecule has 1 atom stereocenters. The third-order valence-corrected chi connectivity index (χ3v) is 3.74. The first-order valence-corrected chi connectivity index (χ1v) is 6.88. The van der Waals surface area contributed by atoms with E-state index >= 15 is 0 Å². The van der Waals surface area contributed by atoms with Crippen LogP contribution in [0.4, 0.5) is 0 Å². The maximum atomic E-state index is 10.2. The van der Waals surface area contributed by atoms with Gasteiger partial charge in [-0.15, -0.1) is 0 Å². The second-order valence-electron chi connectivity index (χ2n) is 6.16. The van der Waals surface area contributed by atoms with Gasteiger partial charge in [-0.05, 0) is 53.1 Å². The van der Waals surface area contributed by atoms with E-state index in [1.165, 1.54) is 6.42 Å². The molecular weight excluding hydrogens is 226 g/mol. The first-order valence-electron chi connectivity index (χ1n) is 6.88. The molecule has 0 bridgehead atoms. The molecule has 4 nitrogen and oxygen atoms in total. The van der Waals surface area contributed by atoms with Crippen molar-refractivity contribution in [1.29, 1.82) is 0 Å². The Labute approximate surface area is 110 Å². The molecule has 1 aromatic heterocycles. The van der Waals surface area contributed by atoms with E-state index in [2.05, 4.69) is 29.9 Å². The lowest BCUT2D eigenvalue weighted by molar-refractivity contribution is -0.00542. The molecule has 1 aromatic rings. The summed E-state index contributed by atoms with van der Waals surface area (Å²) in [6.07, 6.45) is 4.28. The second kappa shape index (κ2) is 5.02. The molecule has 1 unspecified atom stereocenters. The van der Waals surface area contributed by atoms with Gasteiger partial charge in [0, 0.05) is 24.8 Å². The molecule has 0 amide bonds. The number of aromatic nitrogens is 2. The highest BCUT2D eigenvalue weighted by molar-refractivity contribution is 5.02. The van der Waals surface area contributed by atoms with Gasteiger partial charge in [0.1, 0.15) is 0 Å². The van der Waals surface area contributed by atoms with Crippen molar-refractivity contribution in [3.8, 4) is 0 Å². The summed E-state index contributed by atoms with van der Waals surface area (Å²) in [7, 11) is 0. The highest BCUT2D eigenvalue weighted by Gasteiger charge is 2.35. The first kappa shape index (κ1) is 13.6. The zero-order chi connectivity index (χ0) is 13.3. The Morgan fingerprint density at radius 1 is 1.50 bits per heavy atom. The van der Waals surface area contributed by atoms with E-state index in [0.717, 1.165) is 25.2 Å². The molecule has 1 saturated heterocycles. The van der Waals surface area contributed by atoms with Crippen LogP contribution < -0.4 is 0 Å². The summed E-state index contributed by atoms with van der Waals surface area (Å²) in [4.78, 5) is 2.35. The quantitative estimate of drug-likeness (QED) is 0.892. The van der Waals surface area contributed by atoms with E-state index in [1.807, 2.05) is 24.7 Å². The van der Waals surface area contributed by atoms with Gasteiger partial charge in [-0.25, -0.2) is 0 Å². The SMILES string of the molecule is CC(C)n1ccc(CN2CCCC2C(C)(C)O)n1. The predicted molar refractivity (Wildman–Crippen MR) is 72.3 cm³/mol. The molecule has 0 aliphatic carbocycles. The number of rotatable bonds is 4. The van der Waals surface area contributed by atoms with Crippen LogP contribution in [-0.2, 0) is 6.54 Å². The Balaban J connectivity index is 2.04. The average molecular weight is 251 g/mol. The highest BCUT2D eigenvalue weighted by Crippen LogP contribution is 2.27. The first-order chi connectivity index (χ1) is 8.38. The van der Waals surface area contributed by atoms with Crippen molar-refractivity contribution in [2.24, 2.45) is 0 Å². The van der Waals surface area contributed by atoms with Gasteiger partial charge in [0.25, 0.3) is 0 Å². The van der Waals surface area contributed by atoms with Gasteiger partial charge >= 0.3 is 0 Å². The molecule has 1 aliphatic rings. The fraction of sp³-hybridized carbons (Fsp3) is 0.786. The summed E-state index contributed by atoms with van der Waals surface area (Å²) < 4.78 is 1.99. The topological polar surface area (TPSA) is 41.3 Å². The van der Waals surface area contributed by atoms with Crippen LogP contribution in [0.15, 0.2) is 12.3 Å². The molecule has 102 valence electrons. The summed E-state index contributed by atoms with van der Waals surface area (Å²) in [5, 5.41) is 14.8. The predicted octanol–water partition coefficient (Wildman–Crippen LogP) is 2.20. The average Bonchev–Trinajstić information content (AvgIpc) is 2.85. The molecule has 0 spiro atoms. The van der Waals surface area contributed by atoms with Crippen molar-refractivity contribution in [2.75, 3.05) is 6.54 Å². The summed E-state index contributed by atoms with van der Waals surface area (Å²) in [6, 6.07) is 2.74. The Morgan fingerprint density at radius 2 is 2.22 bits per heavy atom. The molecule has 2 heterocycles. The fourth-order valence-corrected chi connectivity index (χ4v) is 2.77. The van der Waals surface area contributed by atoms with Crippen LogP contribution in [0.1, 0.15) is 52.3 Å². The Kier molecular flexibility index (Phi) is 3.78. The minimum Gasteiger partial charge on any atom is -0.389 e. The number of nitrogens with zero attached hydrogens (tertiary/aromatic N) is 3. The number of aliphatic hydroxyl groups is 1. The molecule has 18 heavy (non-hydrogen) atoms. The number of hydrogen-bond donors (Lipinski definition) is 1. The highest BCUT2D eigenvalue weighted by atomic mass is 16.3. The Bertz CT molecular complexity index is 392.